The Morgan fingerprint density at radius 3 is 2.43 bits per heavy atom. The van der Waals surface area contributed by atoms with Crippen LogP contribution in [0.25, 0.3) is 11.1 Å². The smallest absolute Gasteiger partial charge is 0.416 e. The minimum atomic E-state index is -0.888. The molecule has 3 aliphatic heterocycles. The van der Waals surface area contributed by atoms with E-state index in [0.717, 1.165) is 42.5 Å². The van der Waals surface area contributed by atoms with E-state index in [1.807, 2.05) is 38.2 Å². The van der Waals surface area contributed by atoms with Crippen molar-refractivity contribution in [2.75, 3.05) is 49.0 Å². The van der Waals surface area contributed by atoms with Gasteiger partial charge in [0.1, 0.15) is 12.3 Å². The van der Waals surface area contributed by atoms with Gasteiger partial charge in [-0.25, -0.2) is 9.69 Å². The van der Waals surface area contributed by atoms with Crippen LogP contribution in [0.15, 0.2) is 73.6 Å². The molecule has 2 saturated heterocycles. The van der Waals surface area contributed by atoms with E-state index in [1.54, 1.807) is 40.9 Å². The maximum Gasteiger partial charge on any atom is 0.416 e. The molecule has 2 fully saturated rings. The molecule has 318 valence electrons. The highest BCUT2D eigenvalue weighted by molar-refractivity contribution is 6.06. The van der Waals surface area contributed by atoms with Crippen LogP contribution in [0, 0.1) is 6.92 Å². The standard InChI is InChI=1S/C45H54N6O9/c1-6-20-59-45(55)51-36-26-39(38(56-5)25-34(36)43(54)50-19-9-7-12-35(50)44(51)60-41-14-8-10-21-58-41)57-22-11-13-40(52)46-33-24-37(49(4)28-33)42(53)47-32-17-15-30(16-18-32)31-23-29(2)48(3)27-31/h6,15-18,23-28,35,41,44H,1,7-14,19-22H2,2-5H3,(H,46,52)(H,47,53)/t35-,41?,44?/m0/s1. The SMILES string of the molecule is C=CCOC(=O)N1c2cc(OCCCC(=O)Nc3cc(C(=O)Nc4ccc(-c5cc(C)n(C)c5)cc4)n(C)c3)c(OC)cc2C(=O)N2CCCC[C@H]2C1OC1CCCCO1. The maximum atomic E-state index is 14.2. The summed E-state index contributed by atoms with van der Waals surface area (Å²) in [5, 5.41) is 5.81. The number of anilines is 3. The number of fused-ring (bicyclic) bond motifs is 2. The molecule has 4 aromatic rings. The van der Waals surface area contributed by atoms with E-state index < -0.39 is 24.7 Å². The van der Waals surface area contributed by atoms with Crippen molar-refractivity contribution in [3.63, 3.8) is 0 Å². The molecule has 0 radical (unpaired) electrons. The minimum Gasteiger partial charge on any atom is -0.493 e. The van der Waals surface area contributed by atoms with Crippen molar-refractivity contribution >= 4 is 40.9 Å². The van der Waals surface area contributed by atoms with Gasteiger partial charge >= 0.3 is 6.09 Å². The van der Waals surface area contributed by atoms with E-state index in [-0.39, 0.29) is 54.4 Å². The number of rotatable bonds is 14. The van der Waals surface area contributed by atoms with Crippen molar-refractivity contribution < 1.29 is 42.9 Å². The van der Waals surface area contributed by atoms with Gasteiger partial charge in [0.2, 0.25) is 5.91 Å². The van der Waals surface area contributed by atoms with Crippen LogP contribution in [0.4, 0.5) is 21.9 Å². The molecule has 7 rings (SSSR count). The van der Waals surface area contributed by atoms with E-state index in [9.17, 15) is 19.2 Å². The summed E-state index contributed by atoms with van der Waals surface area (Å²) in [5.74, 6) is -0.244. The molecule has 60 heavy (non-hydrogen) atoms. The Hall–Kier alpha value is -6.06. The maximum absolute atomic E-state index is 14.2. The number of methoxy groups -OCH3 is 1. The van der Waals surface area contributed by atoms with Gasteiger partial charge in [-0.2, -0.15) is 0 Å². The van der Waals surface area contributed by atoms with Gasteiger partial charge in [0.05, 0.1) is 36.7 Å². The summed E-state index contributed by atoms with van der Waals surface area (Å²) in [6.07, 6.45) is 8.36. The van der Waals surface area contributed by atoms with Crippen LogP contribution in [0.5, 0.6) is 11.5 Å². The number of amides is 4. The number of benzene rings is 2. The van der Waals surface area contributed by atoms with Crippen LogP contribution in [-0.4, -0.2) is 89.9 Å². The number of hydrogen-bond acceptors (Lipinski definition) is 9. The van der Waals surface area contributed by atoms with Gasteiger partial charge in [0, 0.05) is 63.5 Å². The predicted octanol–water partition coefficient (Wildman–Crippen LogP) is 7.40. The van der Waals surface area contributed by atoms with Crippen LogP contribution in [0.1, 0.15) is 77.9 Å². The summed E-state index contributed by atoms with van der Waals surface area (Å²) in [5.41, 5.74) is 5.33. The molecule has 2 unspecified atom stereocenters. The highest BCUT2D eigenvalue weighted by Gasteiger charge is 2.47. The molecule has 3 atom stereocenters. The van der Waals surface area contributed by atoms with Crippen LogP contribution >= 0.6 is 0 Å². The third-order valence-corrected chi connectivity index (χ3v) is 11.2. The van der Waals surface area contributed by atoms with E-state index >= 15 is 0 Å². The molecule has 5 heterocycles. The van der Waals surface area contributed by atoms with Gasteiger partial charge in [0.15, 0.2) is 24.0 Å². The first kappa shape index (κ1) is 42.1. The molecule has 0 saturated carbocycles. The topological polar surface area (TPSA) is 155 Å². The molecule has 2 aromatic heterocycles. The Labute approximate surface area is 350 Å². The van der Waals surface area contributed by atoms with E-state index in [4.69, 9.17) is 23.7 Å². The highest BCUT2D eigenvalue weighted by atomic mass is 16.7. The number of carbonyl (C=O) groups is 4. The number of ether oxygens (including phenoxy) is 5. The van der Waals surface area contributed by atoms with Crippen molar-refractivity contribution in [3.05, 3.63) is 90.5 Å². The highest BCUT2D eigenvalue weighted by Crippen LogP contribution is 2.42. The first-order valence-electron chi connectivity index (χ1n) is 20.5. The van der Waals surface area contributed by atoms with Crippen molar-refractivity contribution in [3.8, 4) is 22.6 Å². The zero-order valence-electron chi connectivity index (χ0n) is 34.7. The van der Waals surface area contributed by atoms with Crippen molar-refractivity contribution in [1.82, 2.24) is 14.0 Å². The Morgan fingerprint density at radius 2 is 1.72 bits per heavy atom. The number of nitrogens with one attached hydrogen (secondary N) is 2. The fourth-order valence-electron chi connectivity index (χ4n) is 7.96. The Kier molecular flexibility index (Phi) is 13.3. The lowest BCUT2D eigenvalue weighted by Crippen LogP contribution is -2.57. The number of carbonyl (C=O) groups excluding carboxylic acids is 4. The quantitative estimate of drug-likeness (QED) is 0.0978. The zero-order chi connectivity index (χ0) is 42.3. The number of nitrogens with zero attached hydrogens (tertiary/aromatic N) is 4. The third-order valence-electron chi connectivity index (χ3n) is 11.2. The number of piperidine rings is 1. The predicted molar refractivity (Wildman–Crippen MR) is 226 cm³/mol. The molecule has 0 aliphatic carbocycles. The van der Waals surface area contributed by atoms with Gasteiger partial charge in [-0.3, -0.25) is 14.4 Å². The van der Waals surface area contributed by atoms with E-state index in [0.29, 0.717) is 55.2 Å². The second-order valence-corrected chi connectivity index (χ2v) is 15.4. The van der Waals surface area contributed by atoms with Gasteiger partial charge in [-0.05, 0) is 93.3 Å². The van der Waals surface area contributed by atoms with Crippen molar-refractivity contribution in [1.29, 1.82) is 0 Å². The first-order valence-corrected chi connectivity index (χ1v) is 20.5. The lowest BCUT2D eigenvalue weighted by Gasteiger charge is -2.42. The van der Waals surface area contributed by atoms with Crippen LogP contribution in [-0.2, 0) is 33.1 Å². The van der Waals surface area contributed by atoms with E-state index in [1.165, 1.54) is 18.1 Å². The Morgan fingerprint density at radius 1 is 0.917 bits per heavy atom. The lowest BCUT2D eigenvalue weighted by molar-refractivity contribution is -0.198. The molecule has 2 N–H and O–H groups in total. The summed E-state index contributed by atoms with van der Waals surface area (Å²) in [4.78, 5) is 57.6. The number of hydrogen-bond donors (Lipinski definition) is 2. The third kappa shape index (κ3) is 9.37. The summed E-state index contributed by atoms with van der Waals surface area (Å²) >= 11 is 0. The van der Waals surface area contributed by atoms with Gasteiger partial charge in [0.25, 0.3) is 11.8 Å². The molecule has 2 aromatic carbocycles. The summed E-state index contributed by atoms with van der Waals surface area (Å²) < 4.78 is 33.7. The molecule has 3 aliphatic rings. The fourth-order valence-corrected chi connectivity index (χ4v) is 7.96. The molecule has 15 nitrogen and oxygen atoms in total. The average molecular weight is 823 g/mol. The number of aryl methyl sites for hydroxylation is 3. The molecular weight excluding hydrogens is 769 g/mol. The summed E-state index contributed by atoms with van der Waals surface area (Å²) in [6, 6.07) is 14.1. The summed E-state index contributed by atoms with van der Waals surface area (Å²) in [7, 11) is 5.22. The molecule has 0 spiro atoms. The normalized spacial score (nSPS) is 18.8. The first-order chi connectivity index (χ1) is 29.0. The summed E-state index contributed by atoms with van der Waals surface area (Å²) in [6.45, 7) is 6.87. The van der Waals surface area contributed by atoms with Crippen LogP contribution < -0.4 is 25.0 Å². The molecule has 0 bridgehead atoms. The largest absolute Gasteiger partial charge is 0.493 e. The molecule has 15 heteroatoms. The van der Waals surface area contributed by atoms with Gasteiger partial charge < -0.3 is 48.4 Å². The fraction of sp³-hybridized carbons (Fsp3) is 0.422. The van der Waals surface area contributed by atoms with E-state index in [2.05, 4.69) is 34.0 Å². The monoisotopic (exact) mass is 822 g/mol. The molecular formula is C45H54N6O9. The van der Waals surface area contributed by atoms with Crippen LogP contribution in [0.3, 0.4) is 0 Å². The number of aromatic nitrogens is 2. The van der Waals surface area contributed by atoms with Crippen molar-refractivity contribution in [2.45, 2.75) is 76.9 Å². The molecule has 4 amide bonds. The van der Waals surface area contributed by atoms with Crippen molar-refractivity contribution in [2.24, 2.45) is 14.1 Å². The second kappa shape index (κ2) is 18.9. The van der Waals surface area contributed by atoms with Gasteiger partial charge in [-0.15, -0.1) is 0 Å². The minimum absolute atomic E-state index is 0.0392. The zero-order valence-corrected chi connectivity index (χ0v) is 34.7. The lowest BCUT2D eigenvalue weighted by atomic mass is 10.00. The van der Waals surface area contributed by atoms with Crippen LogP contribution in [0.2, 0.25) is 0 Å². The second-order valence-electron chi connectivity index (χ2n) is 15.4. The Balaban J connectivity index is 1.01. The van der Waals surface area contributed by atoms with Gasteiger partial charge in [-0.1, -0.05) is 24.8 Å². The average Bonchev–Trinajstić information content (AvgIpc) is 3.77. The Bertz CT molecular complexity index is 2190.